The summed E-state index contributed by atoms with van der Waals surface area (Å²) in [7, 11) is -2.10. The number of benzene rings is 1. The van der Waals surface area contributed by atoms with Crippen LogP contribution in [-0.2, 0) is 10.0 Å². The molecule has 0 spiro atoms. The van der Waals surface area contributed by atoms with Gasteiger partial charge in [0.25, 0.3) is 5.91 Å². The maximum atomic E-state index is 13.0. The highest BCUT2D eigenvalue weighted by Gasteiger charge is 2.43. The molecule has 2 aliphatic heterocycles. The lowest BCUT2D eigenvalue weighted by Crippen LogP contribution is -2.37. The highest BCUT2D eigenvalue weighted by Crippen LogP contribution is 2.35. The number of fused-ring (bicyclic) bond motifs is 2. The summed E-state index contributed by atoms with van der Waals surface area (Å²) in [6.07, 6.45) is 0.589. The Morgan fingerprint density at radius 2 is 2.04 bits per heavy atom. The van der Waals surface area contributed by atoms with Crippen molar-refractivity contribution in [3.8, 4) is 5.75 Å². The molecule has 27 heavy (non-hydrogen) atoms. The number of carbonyl (C=O) groups excluding carboxylic acids is 1. The number of sulfonamides is 1. The molecule has 0 radical (unpaired) electrons. The molecule has 10 heteroatoms. The summed E-state index contributed by atoms with van der Waals surface area (Å²) in [4.78, 5) is 11.7. The van der Waals surface area contributed by atoms with E-state index in [2.05, 4.69) is 20.8 Å². The van der Waals surface area contributed by atoms with E-state index in [1.807, 2.05) is 0 Å². The summed E-state index contributed by atoms with van der Waals surface area (Å²) in [5, 5.41) is 13.6. The van der Waals surface area contributed by atoms with Gasteiger partial charge < -0.3 is 15.4 Å². The van der Waals surface area contributed by atoms with Crippen LogP contribution >= 0.6 is 0 Å². The van der Waals surface area contributed by atoms with Crippen LogP contribution in [0.4, 0.5) is 5.82 Å². The van der Waals surface area contributed by atoms with Crippen molar-refractivity contribution in [3.05, 3.63) is 42.1 Å². The molecule has 2 N–H and O–H groups in total. The first-order valence-corrected chi connectivity index (χ1v) is 9.99. The highest BCUT2D eigenvalue weighted by atomic mass is 32.2. The van der Waals surface area contributed by atoms with Crippen molar-refractivity contribution in [1.82, 2.24) is 19.8 Å². The fourth-order valence-corrected chi connectivity index (χ4v) is 5.20. The number of anilines is 1. The molecule has 0 aliphatic carbocycles. The molecule has 9 nitrogen and oxygen atoms in total. The first-order valence-electron chi connectivity index (χ1n) is 8.55. The van der Waals surface area contributed by atoms with Gasteiger partial charge in [-0.05, 0) is 30.7 Å². The van der Waals surface area contributed by atoms with Crippen LogP contribution in [0.5, 0.6) is 5.75 Å². The molecule has 1 saturated heterocycles. The van der Waals surface area contributed by atoms with E-state index in [0.29, 0.717) is 31.1 Å². The summed E-state index contributed by atoms with van der Waals surface area (Å²) in [5.74, 6) is 0.571. The number of amides is 1. The van der Waals surface area contributed by atoms with Crippen molar-refractivity contribution >= 4 is 21.7 Å². The van der Waals surface area contributed by atoms with E-state index in [9.17, 15) is 13.2 Å². The van der Waals surface area contributed by atoms with Gasteiger partial charge in [-0.25, -0.2) is 8.42 Å². The van der Waals surface area contributed by atoms with Gasteiger partial charge in [0, 0.05) is 19.6 Å². The van der Waals surface area contributed by atoms with Crippen LogP contribution in [0.15, 0.2) is 41.3 Å². The molecule has 1 aromatic carbocycles. The summed E-state index contributed by atoms with van der Waals surface area (Å²) in [5.41, 5.74) is 0.218. The van der Waals surface area contributed by atoms with Gasteiger partial charge in [-0.3, -0.25) is 4.79 Å². The Balaban J connectivity index is 1.51. The molecule has 142 valence electrons. The lowest BCUT2D eigenvalue weighted by Gasteiger charge is -2.19. The Labute approximate surface area is 156 Å². The normalized spacial score (nSPS) is 23.4. The van der Waals surface area contributed by atoms with E-state index >= 15 is 0 Å². The van der Waals surface area contributed by atoms with Crippen molar-refractivity contribution in [2.24, 2.45) is 0 Å². The van der Waals surface area contributed by atoms with Crippen molar-refractivity contribution in [2.45, 2.75) is 23.4 Å². The smallest absolute Gasteiger partial charge is 0.271 e. The van der Waals surface area contributed by atoms with Crippen molar-refractivity contribution in [2.75, 3.05) is 25.5 Å². The van der Waals surface area contributed by atoms with Crippen LogP contribution in [0.1, 0.15) is 16.9 Å². The summed E-state index contributed by atoms with van der Waals surface area (Å²) < 4.78 is 33.2. The van der Waals surface area contributed by atoms with E-state index < -0.39 is 10.0 Å². The summed E-state index contributed by atoms with van der Waals surface area (Å²) >= 11 is 0. The molecular formula is C17H19N5O4S. The standard InChI is InChI=1S/C17H19N5O4S/c1-18-17(23)13-6-7-16(21-20-13)19-11-8-12-10-26-14-4-2-3-5-15(14)27(24,25)22(12)9-11/h2-7,11-12H,8-10H2,1H3,(H,18,23)(H,19,21)/t11-,12-/m0/s1. The van der Waals surface area contributed by atoms with Gasteiger partial charge >= 0.3 is 0 Å². The fourth-order valence-electron chi connectivity index (χ4n) is 3.40. The van der Waals surface area contributed by atoms with Gasteiger partial charge in [-0.1, -0.05) is 12.1 Å². The monoisotopic (exact) mass is 389 g/mol. The van der Waals surface area contributed by atoms with Crippen LogP contribution in [0.2, 0.25) is 0 Å². The first-order chi connectivity index (χ1) is 13.0. The molecule has 3 heterocycles. The molecule has 2 aromatic rings. The molecule has 4 rings (SSSR count). The number of aromatic nitrogens is 2. The minimum absolute atomic E-state index is 0.126. The topological polar surface area (TPSA) is 114 Å². The number of para-hydroxylation sites is 1. The number of ether oxygens (including phenoxy) is 1. The number of rotatable bonds is 3. The molecule has 0 saturated carbocycles. The van der Waals surface area contributed by atoms with E-state index in [1.54, 1.807) is 36.4 Å². The van der Waals surface area contributed by atoms with Gasteiger partial charge in [-0.15, -0.1) is 10.2 Å². The molecule has 2 atom stereocenters. The van der Waals surface area contributed by atoms with Crippen molar-refractivity contribution in [1.29, 1.82) is 0 Å². The zero-order chi connectivity index (χ0) is 19.0. The predicted octanol–water partition coefficient (Wildman–Crippen LogP) is 0.472. The third kappa shape index (κ3) is 3.21. The zero-order valence-electron chi connectivity index (χ0n) is 14.6. The quantitative estimate of drug-likeness (QED) is 0.784. The minimum Gasteiger partial charge on any atom is -0.490 e. The van der Waals surface area contributed by atoms with Gasteiger partial charge in [-0.2, -0.15) is 4.31 Å². The number of hydrogen-bond donors (Lipinski definition) is 2. The Morgan fingerprint density at radius 3 is 2.78 bits per heavy atom. The predicted molar refractivity (Wildman–Crippen MR) is 97.1 cm³/mol. The van der Waals surface area contributed by atoms with Crippen LogP contribution in [-0.4, -0.2) is 61.1 Å². The van der Waals surface area contributed by atoms with Crippen LogP contribution in [0.3, 0.4) is 0 Å². The number of nitrogens with zero attached hydrogens (tertiary/aromatic N) is 3. The fraction of sp³-hybridized carbons (Fsp3) is 0.353. The third-order valence-electron chi connectivity index (χ3n) is 4.71. The minimum atomic E-state index is -3.62. The summed E-state index contributed by atoms with van der Waals surface area (Å²) in [6.45, 7) is 0.610. The third-order valence-corrected chi connectivity index (χ3v) is 6.67. The van der Waals surface area contributed by atoms with Crippen molar-refractivity contribution < 1.29 is 17.9 Å². The number of nitrogens with one attached hydrogen (secondary N) is 2. The highest BCUT2D eigenvalue weighted by molar-refractivity contribution is 7.89. The van der Waals surface area contributed by atoms with Crippen LogP contribution < -0.4 is 15.4 Å². The zero-order valence-corrected chi connectivity index (χ0v) is 15.4. The second-order valence-electron chi connectivity index (χ2n) is 6.45. The first kappa shape index (κ1) is 17.7. The summed E-state index contributed by atoms with van der Waals surface area (Å²) in [6, 6.07) is 9.53. The molecule has 0 unspecified atom stereocenters. The largest absolute Gasteiger partial charge is 0.490 e. The Bertz CT molecular complexity index is 964. The molecule has 1 fully saturated rings. The van der Waals surface area contributed by atoms with E-state index in [4.69, 9.17) is 4.74 Å². The van der Waals surface area contributed by atoms with E-state index in [-0.39, 0.29) is 28.6 Å². The number of carbonyl (C=O) groups is 1. The van der Waals surface area contributed by atoms with Gasteiger partial charge in [0.05, 0.1) is 6.04 Å². The Kier molecular flexibility index (Phi) is 4.44. The lowest BCUT2D eigenvalue weighted by atomic mass is 10.2. The van der Waals surface area contributed by atoms with Gasteiger partial charge in [0.1, 0.15) is 23.1 Å². The lowest BCUT2D eigenvalue weighted by molar-refractivity contribution is 0.0957. The Hall–Kier alpha value is -2.72. The average Bonchev–Trinajstić information content (AvgIpc) is 3.06. The van der Waals surface area contributed by atoms with Crippen LogP contribution in [0, 0.1) is 0 Å². The van der Waals surface area contributed by atoms with Gasteiger partial charge in [0.15, 0.2) is 5.69 Å². The van der Waals surface area contributed by atoms with E-state index in [0.717, 1.165) is 0 Å². The maximum absolute atomic E-state index is 13.0. The number of hydrogen-bond acceptors (Lipinski definition) is 7. The van der Waals surface area contributed by atoms with Crippen molar-refractivity contribution in [3.63, 3.8) is 0 Å². The SMILES string of the molecule is CNC(=O)c1ccc(N[C@H]2C[C@H]3COc4ccccc4S(=O)(=O)N3C2)nn1. The maximum Gasteiger partial charge on any atom is 0.271 e. The molecular weight excluding hydrogens is 370 g/mol. The molecule has 2 aliphatic rings. The Morgan fingerprint density at radius 1 is 1.22 bits per heavy atom. The second kappa shape index (κ2) is 6.78. The second-order valence-corrected chi connectivity index (χ2v) is 8.31. The average molecular weight is 389 g/mol. The van der Waals surface area contributed by atoms with Crippen LogP contribution in [0.25, 0.3) is 0 Å². The molecule has 1 aromatic heterocycles. The van der Waals surface area contributed by atoms with Gasteiger partial charge in [0.2, 0.25) is 10.0 Å². The molecule has 1 amide bonds. The molecule has 0 bridgehead atoms. The van der Waals surface area contributed by atoms with E-state index in [1.165, 1.54) is 11.4 Å².